The highest BCUT2D eigenvalue weighted by molar-refractivity contribution is 6.33. The van der Waals surface area contributed by atoms with E-state index in [0.717, 1.165) is 18.5 Å². The van der Waals surface area contributed by atoms with Crippen LogP contribution in [-0.4, -0.2) is 87.0 Å². The number of likely N-dealkylation sites (N-methyl/N-ethyl adjacent to an activating group) is 1. The molecule has 0 radical (unpaired) electrons. The fourth-order valence-corrected chi connectivity index (χ4v) is 7.55. The van der Waals surface area contributed by atoms with E-state index in [1.807, 2.05) is 7.05 Å². The van der Waals surface area contributed by atoms with Gasteiger partial charge in [0.05, 0.1) is 11.6 Å². The molecule has 38 heavy (non-hydrogen) atoms. The zero-order valence-electron chi connectivity index (χ0n) is 21.7. The number of phenols is 1. The van der Waals surface area contributed by atoms with Crippen LogP contribution in [0.4, 0.5) is 0 Å². The highest BCUT2D eigenvalue weighted by atomic mass is 35.5. The zero-order chi connectivity index (χ0) is 28.0. The average molecular weight is 546 g/mol. The van der Waals surface area contributed by atoms with Gasteiger partial charge in [-0.2, -0.15) is 0 Å². The van der Waals surface area contributed by atoms with Crippen molar-refractivity contribution < 1.29 is 34.8 Å². The number of hydrogen-bond donors (Lipinski definition) is 5. The lowest BCUT2D eigenvalue weighted by atomic mass is 9.57. The molecule has 0 bridgehead atoms. The van der Waals surface area contributed by atoms with E-state index in [9.17, 15) is 34.8 Å². The number of ketones is 2. The summed E-state index contributed by atoms with van der Waals surface area (Å²) in [5.74, 6) is -6.50. The number of likely N-dealkylation sites (tertiary alicyclic amines) is 1. The van der Waals surface area contributed by atoms with Gasteiger partial charge in [0.25, 0.3) is 5.91 Å². The first kappa shape index (κ1) is 26.7. The second-order valence-corrected chi connectivity index (χ2v) is 11.7. The van der Waals surface area contributed by atoms with E-state index in [1.165, 1.54) is 11.0 Å². The third kappa shape index (κ3) is 3.40. The molecule has 1 aliphatic heterocycles. The largest absolute Gasteiger partial charge is 0.508 e. The lowest BCUT2D eigenvalue weighted by Crippen LogP contribution is -2.65. The van der Waals surface area contributed by atoms with Crippen LogP contribution in [0.15, 0.2) is 23.0 Å². The van der Waals surface area contributed by atoms with Gasteiger partial charge in [0.2, 0.25) is 5.78 Å². The number of rotatable bonds is 3. The Hall–Kier alpha value is -2.92. The second-order valence-electron chi connectivity index (χ2n) is 11.3. The highest BCUT2D eigenvalue weighted by Crippen LogP contribution is 2.54. The molecule has 6 atom stereocenters. The van der Waals surface area contributed by atoms with E-state index in [0.29, 0.717) is 10.6 Å². The Labute approximate surface area is 225 Å². The summed E-state index contributed by atoms with van der Waals surface area (Å²) in [5.41, 5.74) is 2.88. The third-order valence-electron chi connectivity index (χ3n) is 8.95. The summed E-state index contributed by atoms with van der Waals surface area (Å²) in [5, 5.41) is 45.3. The number of aromatic hydroxyl groups is 1. The van der Waals surface area contributed by atoms with Gasteiger partial charge >= 0.3 is 0 Å². The van der Waals surface area contributed by atoms with Crippen LogP contribution < -0.4 is 5.73 Å². The third-order valence-corrected chi connectivity index (χ3v) is 9.40. The van der Waals surface area contributed by atoms with Gasteiger partial charge in [0, 0.05) is 22.6 Å². The minimum absolute atomic E-state index is 0.00309. The Morgan fingerprint density at radius 1 is 1.24 bits per heavy atom. The summed E-state index contributed by atoms with van der Waals surface area (Å²) in [6.45, 7) is 2.98. The van der Waals surface area contributed by atoms with Crippen LogP contribution in [0.3, 0.4) is 0 Å². The molecule has 11 heteroatoms. The molecule has 5 rings (SSSR count). The Balaban J connectivity index is 1.70. The van der Waals surface area contributed by atoms with Crippen molar-refractivity contribution in [2.45, 2.75) is 43.9 Å². The number of amides is 1. The van der Waals surface area contributed by atoms with Gasteiger partial charge in [-0.3, -0.25) is 24.2 Å². The molecule has 1 saturated heterocycles. The molecular formula is C27H32ClN3O7. The SMILES string of the molecule is CC1CCN(C)C1c1cc(O)c2c(c1Cl)C[C@H]1C[C@H]3[C@H](N(C)C)C(=O)C(C(N)=O)=C(O)[C@@]3(O)C(=O)C1=C2O. The average Bonchev–Trinajstić information content (AvgIpc) is 3.15. The number of benzene rings is 1. The number of Topliss-reactive ketones (excluding diaryl/α,β-unsaturated/α-hetero) is 2. The standard InChI is InChI=1S/C27H32ClN3O7/c1-10-5-6-31(4)20(10)13-9-15(32)17-12(19(13)28)7-11-8-14-21(30(2)3)23(34)18(26(29)37)25(36)27(14,38)24(35)16(11)22(17)33/h9-11,14,20-21,32-33,36,38H,5-8H2,1-4H3,(H2,29,37)/t10?,11-,14-,20?,21-,27-/m0/s1. The topological polar surface area (TPSA) is 165 Å². The van der Waals surface area contributed by atoms with Crippen LogP contribution in [0.25, 0.3) is 5.76 Å². The van der Waals surface area contributed by atoms with Gasteiger partial charge in [-0.25, -0.2) is 0 Å². The number of halogens is 1. The summed E-state index contributed by atoms with van der Waals surface area (Å²) < 4.78 is 0. The molecule has 1 aromatic rings. The Bertz CT molecular complexity index is 1340. The molecule has 3 aliphatic carbocycles. The summed E-state index contributed by atoms with van der Waals surface area (Å²) in [6.07, 6.45) is 1.15. The maximum absolute atomic E-state index is 13.9. The lowest BCUT2D eigenvalue weighted by molar-refractivity contribution is -0.153. The van der Waals surface area contributed by atoms with E-state index >= 15 is 0 Å². The summed E-state index contributed by atoms with van der Waals surface area (Å²) in [7, 11) is 5.11. The van der Waals surface area contributed by atoms with E-state index in [2.05, 4.69) is 11.8 Å². The van der Waals surface area contributed by atoms with Gasteiger partial charge in [-0.05, 0) is 76.0 Å². The number of aliphatic hydroxyl groups excluding tert-OH is 2. The molecule has 1 saturated carbocycles. The Morgan fingerprint density at radius 3 is 2.45 bits per heavy atom. The number of hydrogen-bond acceptors (Lipinski definition) is 9. The molecule has 1 heterocycles. The Morgan fingerprint density at radius 2 is 1.89 bits per heavy atom. The normalized spacial score (nSPS) is 33.5. The molecule has 6 N–H and O–H groups in total. The van der Waals surface area contributed by atoms with Crippen molar-refractivity contribution in [1.29, 1.82) is 0 Å². The fourth-order valence-electron chi connectivity index (χ4n) is 7.21. The van der Waals surface area contributed by atoms with Crippen LogP contribution in [0.2, 0.25) is 5.02 Å². The number of aliphatic hydroxyl groups is 3. The van der Waals surface area contributed by atoms with E-state index in [4.69, 9.17) is 17.3 Å². The summed E-state index contributed by atoms with van der Waals surface area (Å²) in [4.78, 5) is 42.8. The smallest absolute Gasteiger partial charge is 0.255 e. The highest BCUT2D eigenvalue weighted by Gasteiger charge is 2.64. The number of primary amides is 1. The van der Waals surface area contributed by atoms with Crippen LogP contribution in [0.1, 0.15) is 42.5 Å². The first-order valence-corrected chi connectivity index (χ1v) is 13.0. The van der Waals surface area contributed by atoms with Crippen LogP contribution >= 0.6 is 11.6 Å². The first-order chi connectivity index (χ1) is 17.7. The summed E-state index contributed by atoms with van der Waals surface area (Å²) >= 11 is 6.92. The molecule has 10 nitrogen and oxygen atoms in total. The number of carbonyl (C=O) groups is 3. The van der Waals surface area contributed by atoms with Crippen molar-refractivity contribution in [2.75, 3.05) is 27.7 Å². The molecule has 204 valence electrons. The van der Waals surface area contributed by atoms with Crippen molar-refractivity contribution in [3.8, 4) is 5.75 Å². The predicted octanol–water partition coefficient (Wildman–Crippen LogP) is 1.63. The van der Waals surface area contributed by atoms with Crippen molar-refractivity contribution >= 4 is 34.8 Å². The molecule has 0 aromatic heterocycles. The van der Waals surface area contributed by atoms with Gasteiger partial charge in [0.1, 0.15) is 22.8 Å². The van der Waals surface area contributed by atoms with Gasteiger partial charge in [-0.15, -0.1) is 0 Å². The molecule has 2 unspecified atom stereocenters. The van der Waals surface area contributed by atoms with Crippen molar-refractivity contribution in [3.05, 3.63) is 44.7 Å². The van der Waals surface area contributed by atoms with E-state index in [1.54, 1.807) is 14.1 Å². The molecule has 4 aliphatic rings. The van der Waals surface area contributed by atoms with Crippen molar-refractivity contribution in [3.63, 3.8) is 0 Å². The Kier molecular flexibility index (Phi) is 6.18. The zero-order valence-corrected chi connectivity index (χ0v) is 22.4. The predicted molar refractivity (Wildman–Crippen MR) is 138 cm³/mol. The minimum Gasteiger partial charge on any atom is -0.508 e. The van der Waals surface area contributed by atoms with Crippen molar-refractivity contribution in [2.24, 2.45) is 23.5 Å². The molecule has 1 amide bonds. The lowest BCUT2D eigenvalue weighted by Gasteiger charge is -2.50. The van der Waals surface area contributed by atoms with E-state index in [-0.39, 0.29) is 41.7 Å². The van der Waals surface area contributed by atoms with Crippen LogP contribution in [-0.2, 0) is 20.8 Å². The number of nitrogens with two attached hydrogens (primary N) is 1. The van der Waals surface area contributed by atoms with E-state index < -0.39 is 58.0 Å². The maximum Gasteiger partial charge on any atom is 0.255 e. The number of nitrogens with zero attached hydrogens (tertiary/aromatic N) is 2. The molecule has 0 spiro atoms. The number of carbonyl (C=O) groups excluding carboxylic acids is 3. The summed E-state index contributed by atoms with van der Waals surface area (Å²) in [6, 6.07) is 0.346. The van der Waals surface area contributed by atoms with Gasteiger partial charge in [0.15, 0.2) is 11.4 Å². The monoisotopic (exact) mass is 545 g/mol. The first-order valence-electron chi connectivity index (χ1n) is 12.6. The van der Waals surface area contributed by atoms with Crippen LogP contribution in [0, 0.1) is 17.8 Å². The van der Waals surface area contributed by atoms with Crippen LogP contribution in [0.5, 0.6) is 5.75 Å². The quantitative estimate of drug-likeness (QED) is 0.355. The number of fused-ring (bicyclic) bond motifs is 3. The fraction of sp³-hybridized carbons (Fsp3) is 0.519. The maximum atomic E-state index is 13.9. The minimum atomic E-state index is -2.66. The van der Waals surface area contributed by atoms with Gasteiger partial charge < -0.3 is 26.2 Å². The molecular weight excluding hydrogens is 514 g/mol. The van der Waals surface area contributed by atoms with Gasteiger partial charge in [-0.1, -0.05) is 18.5 Å². The van der Waals surface area contributed by atoms with Crippen molar-refractivity contribution in [1.82, 2.24) is 9.80 Å². The second kappa shape index (κ2) is 8.81. The molecule has 2 fully saturated rings. The molecule has 1 aromatic carbocycles. The number of phenolic OH excluding ortho intramolecular Hbond substituents is 1.